The Morgan fingerprint density at radius 2 is 2.00 bits per heavy atom. The van der Waals surface area contributed by atoms with Crippen molar-refractivity contribution < 1.29 is 9.53 Å². The summed E-state index contributed by atoms with van der Waals surface area (Å²) in [6.45, 7) is 5.25. The molecule has 1 aromatic carbocycles. The standard InChI is InChI=1S/C15H24N2O2/c1-4-5-10-16-15(18)11-17-12(2)13-6-8-14(19-3)9-7-13/h6-9,12,17H,4-5,10-11H2,1-3H3,(H,16,18). The van der Waals surface area contributed by atoms with Gasteiger partial charge in [-0.2, -0.15) is 0 Å². The van der Waals surface area contributed by atoms with Crippen LogP contribution >= 0.6 is 0 Å². The molecule has 0 aliphatic rings. The topological polar surface area (TPSA) is 50.4 Å². The van der Waals surface area contributed by atoms with Gasteiger partial charge in [0, 0.05) is 12.6 Å². The second kappa shape index (κ2) is 8.53. The third kappa shape index (κ3) is 5.75. The molecule has 0 saturated carbocycles. The summed E-state index contributed by atoms with van der Waals surface area (Å²) in [7, 11) is 1.65. The molecule has 0 aliphatic heterocycles. The highest BCUT2D eigenvalue weighted by atomic mass is 16.5. The third-order valence-corrected chi connectivity index (χ3v) is 3.04. The maximum absolute atomic E-state index is 11.6. The zero-order chi connectivity index (χ0) is 14.1. The summed E-state index contributed by atoms with van der Waals surface area (Å²) in [5.41, 5.74) is 1.14. The minimum absolute atomic E-state index is 0.0498. The number of nitrogens with one attached hydrogen (secondary N) is 2. The summed E-state index contributed by atoms with van der Waals surface area (Å²) in [5, 5.41) is 6.10. The van der Waals surface area contributed by atoms with Gasteiger partial charge in [0.2, 0.25) is 5.91 Å². The van der Waals surface area contributed by atoms with Crippen molar-refractivity contribution in [1.29, 1.82) is 0 Å². The van der Waals surface area contributed by atoms with Crippen LogP contribution in [0.15, 0.2) is 24.3 Å². The van der Waals surface area contributed by atoms with Gasteiger partial charge in [-0.25, -0.2) is 0 Å². The lowest BCUT2D eigenvalue weighted by Gasteiger charge is -2.14. The molecule has 0 bridgehead atoms. The molecule has 4 nitrogen and oxygen atoms in total. The highest BCUT2D eigenvalue weighted by molar-refractivity contribution is 5.77. The van der Waals surface area contributed by atoms with E-state index in [0.29, 0.717) is 6.54 Å². The first kappa shape index (κ1) is 15.5. The van der Waals surface area contributed by atoms with E-state index in [1.165, 1.54) is 0 Å². The van der Waals surface area contributed by atoms with Crippen LogP contribution in [0, 0.1) is 0 Å². The number of ether oxygens (including phenoxy) is 1. The molecule has 0 fully saturated rings. The smallest absolute Gasteiger partial charge is 0.233 e. The van der Waals surface area contributed by atoms with E-state index in [-0.39, 0.29) is 11.9 Å². The average Bonchev–Trinajstić information content (AvgIpc) is 2.45. The van der Waals surface area contributed by atoms with Gasteiger partial charge in [0.1, 0.15) is 5.75 Å². The number of carbonyl (C=O) groups is 1. The van der Waals surface area contributed by atoms with Gasteiger partial charge in [0.25, 0.3) is 0 Å². The third-order valence-electron chi connectivity index (χ3n) is 3.04. The Bertz CT molecular complexity index is 376. The molecule has 1 rings (SSSR count). The van der Waals surface area contributed by atoms with Crippen molar-refractivity contribution in [2.45, 2.75) is 32.7 Å². The first-order chi connectivity index (χ1) is 9.17. The summed E-state index contributed by atoms with van der Waals surface area (Å²) in [6.07, 6.45) is 2.12. The van der Waals surface area contributed by atoms with E-state index < -0.39 is 0 Å². The highest BCUT2D eigenvalue weighted by Crippen LogP contribution is 2.16. The van der Waals surface area contributed by atoms with Crippen LogP contribution in [0.3, 0.4) is 0 Å². The lowest BCUT2D eigenvalue weighted by molar-refractivity contribution is -0.120. The van der Waals surface area contributed by atoms with Crippen LogP contribution < -0.4 is 15.4 Å². The van der Waals surface area contributed by atoms with E-state index in [4.69, 9.17) is 4.74 Å². The van der Waals surface area contributed by atoms with E-state index in [9.17, 15) is 4.79 Å². The predicted octanol–water partition coefficient (Wildman–Crippen LogP) is 2.26. The van der Waals surface area contributed by atoms with Crippen molar-refractivity contribution in [1.82, 2.24) is 10.6 Å². The van der Waals surface area contributed by atoms with Crippen LogP contribution in [-0.2, 0) is 4.79 Å². The molecule has 1 unspecified atom stereocenters. The van der Waals surface area contributed by atoms with Gasteiger partial charge in [0.15, 0.2) is 0 Å². The van der Waals surface area contributed by atoms with Crippen LogP contribution in [0.4, 0.5) is 0 Å². The van der Waals surface area contributed by atoms with Gasteiger partial charge >= 0.3 is 0 Å². The number of amides is 1. The fourth-order valence-electron chi connectivity index (χ4n) is 1.72. The van der Waals surface area contributed by atoms with Gasteiger partial charge in [0.05, 0.1) is 13.7 Å². The Morgan fingerprint density at radius 3 is 2.58 bits per heavy atom. The second-order valence-corrected chi connectivity index (χ2v) is 4.58. The minimum Gasteiger partial charge on any atom is -0.497 e. The monoisotopic (exact) mass is 264 g/mol. The summed E-state index contributed by atoms with van der Waals surface area (Å²) in [5.74, 6) is 0.891. The van der Waals surface area contributed by atoms with Crippen molar-refractivity contribution in [2.24, 2.45) is 0 Å². The van der Waals surface area contributed by atoms with Gasteiger partial charge in [-0.1, -0.05) is 25.5 Å². The van der Waals surface area contributed by atoms with Gasteiger partial charge in [-0.15, -0.1) is 0 Å². The number of carbonyl (C=O) groups excluding carboxylic acids is 1. The number of unbranched alkanes of at least 4 members (excludes halogenated alkanes) is 1. The van der Waals surface area contributed by atoms with Crippen molar-refractivity contribution >= 4 is 5.91 Å². The molecule has 1 aromatic rings. The number of benzene rings is 1. The fraction of sp³-hybridized carbons (Fsp3) is 0.533. The molecule has 0 spiro atoms. The van der Waals surface area contributed by atoms with E-state index in [2.05, 4.69) is 17.6 Å². The Morgan fingerprint density at radius 1 is 1.32 bits per heavy atom. The largest absolute Gasteiger partial charge is 0.497 e. The molecule has 0 radical (unpaired) electrons. The molecular weight excluding hydrogens is 240 g/mol. The molecular formula is C15H24N2O2. The molecule has 19 heavy (non-hydrogen) atoms. The SMILES string of the molecule is CCCCNC(=O)CNC(C)c1ccc(OC)cc1. The summed E-state index contributed by atoms with van der Waals surface area (Å²) in [6, 6.07) is 8.00. The van der Waals surface area contributed by atoms with Crippen LogP contribution in [0.25, 0.3) is 0 Å². The van der Waals surface area contributed by atoms with Gasteiger partial charge < -0.3 is 15.4 Å². The maximum Gasteiger partial charge on any atom is 0.233 e. The highest BCUT2D eigenvalue weighted by Gasteiger charge is 2.07. The van der Waals surface area contributed by atoms with Crippen molar-refractivity contribution in [2.75, 3.05) is 20.2 Å². The summed E-state index contributed by atoms with van der Waals surface area (Å²) >= 11 is 0. The lowest BCUT2D eigenvalue weighted by atomic mass is 10.1. The summed E-state index contributed by atoms with van der Waals surface area (Å²) < 4.78 is 5.12. The molecule has 1 atom stereocenters. The quantitative estimate of drug-likeness (QED) is 0.708. The first-order valence-corrected chi connectivity index (χ1v) is 6.81. The van der Waals surface area contributed by atoms with E-state index in [1.807, 2.05) is 31.2 Å². The van der Waals surface area contributed by atoms with Crippen molar-refractivity contribution in [3.05, 3.63) is 29.8 Å². The number of rotatable bonds is 8. The molecule has 0 saturated heterocycles. The van der Waals surface area contributed by atoms with Crippen molar-refractivity contribution in [3.63, 3.8) is 0 Å². The molecule has 0 aromatic heterocycles. The number of hydrogen-bond donors (Lipinski definition) is 2. The summed E-state index contributed by atoms with van der Waals surface area (Å²) in [4.78, 5) is 11.6. The molecule has 2 N–H and O–H groups in total. The van der Waals surface area contributed by atoms with Crippen LogP contribution in [0.5, 0.6) is 5.75 Å². The maximum atomic E-state index is 11.6. The fourth-order valence-corrected chi connectivity index (χ4v) is 1.72. The van der Waals surface area contributed by atoms with Crippen LogP contribution in [0.2, 0.25) is 0 Å². The number of methoxy groups -OCH3 is 1. The van der Waals surface area contributed by atoms with E-state index in [0.717, 1.165) is 30.7 Å². The van der Waals surface area contributed by atoms with Gasteiger partial charge in [-0.05, 0) is 31.0 Å². The molecule has 0 heterocycles. The van der Waals surface area contributed by atoms with Gasteiger partial charge in [-0.3, -0.25) is 4.79 Å². The second-order valence-electron chi connectivity index (χ2n) is 4.58. The van der Waals surface area contributed by atoms with E-state index >= 15 is 0 Å². The normalized spacial score (nSPS) is 11.9. The van der Waals surface area contributed by atoms with Crippen molar-refractivity contribution in [3.8, 4) is 5.75 Å². The van der Waals surface area contributed by atoms with Crippen LogP contribution in [-0.4, -0.2) is 26.1 Å². The molecule has 106 valence electrons. The average molecular weight is 264 g/mol. The molecule has 0 aliphatic carbocycles. The minimum atomic E-state index is 0.0498. The Balaban J connectivity index is 2.33. The Kier molecular flexibility index (Phi) is 6.97. The predicted molar refractivity (Wildman–Crippen MR) is 77.3 cm³/mol. The first-order valence-electron chi connectivity index (χ1n) is 6.81. The van der Waals surface area contributed by atoms with E-state index in [1.54, 1.807) is 7.11 Å². The Hall–Kier alpha value is -1.55. The zero-order valence-corrected chi connectivity index (χ0v) is 12.0. The number of hydrogen-bond acceptors (Lipinski definition) is 3. The molecule has 4 heteroatoms. The van der Waals surface area contributed by atoms with Crippen LogP contribution in [0.1, 0.15) is 38.3 Å². The lowest BCUT2D eigenvalue weighted by Crippen LogP contribution is -2.35. The molecule has 1 amide bonds. The Labute approximate surface area is 115 Å². The zero-order valence-electron chi connectivity index (χ0n) is 12.0.